The summed E-state index contributed by atoms with van der Waals surface area (Å²) in [6, 6.07) is 10.1. The van der Waals surface area contributed by atoms with Crippen LogP contribution in [0.2, 0.25) is 0 Å². The zero-order valence-electron chi connectivity index (χ0n) is 10.9. The lowest BCUT2D eigenvalue weighted by Crippen LogP contribution is -2.31. The Morgan fingerprint density at radius 3 is 2.95 bits per heavy atom. The summed E-state index contributed by atoms with van der Waals surface area (Å²) in [5.74, 6) is 0.164. The number of Topliss-reactive ketones (excluding diaryl/α,β-unsaturated/α-hetero) is 1. The smallest absolute Gasteiger partial charge is 0.176 e. The lowest BCUT2D eigenvalue weighted by molar-refractivity contribution is 0.0987. The molecule has 0 bridgehead atoms. The quantitative estimate of drug-likeness (QED) is 0.853. The van der Waals surface area contributed by atoms with Gasteiger partial charge < -0.3 is 5.32 Å². The molecule has 1 saturated carbocycles. The summed E-state index contributed by atoms with van der Waals surface area (Å²) in [5, 5.41) is 4.39. The Bertz CT molecular complexity index is 588. The molecule has 1 heterocycles. The Kier molecular flexibility index (Phi) is 3.56. The molecule has 3 rings (SSSR count). The summed E-state index contributed by atoms with van der Waals surface area (Å²) in [7, 11) is 0. The van der Waals surface area contributed by atoms with Crippen LogP contribution in [-0.4, -0.2) is 23.4 Å². The fraction of sp³-hybridized carbons (Fsp3) is 0.375. The molecule has 0 unspecified atom stereocenters. The van der Waals surface area contributed by atoms with Gasteiger partial charge in [0.1, 0.15) is 0 Å². The maximum Gasteiger partial charge on any atom is 0.176 e. The fourth-order valence-electron chi connectivity index (χ4n) is 2.72. The lowest BCUT2D eigenvalue weighted by Gasteiger charge is -2.11. The molecule has 98 valence electrons. The Labute approximate surface area is 113 Å². The molecule has 1 aliphatic rings. The zero-order valence-corrected chi connectivity index (χ0v) is 10.9. The third-order valence-corrected chi connectivity index (χ3v) is 3.83. The average Bonchev–Trinajstić information content (AvgIpc) is 2.97. The van der Waals surface area contributed by atoms with Gasteiger partial charge in [-0.1, -0.05) is 18.9 Å². The fourth-order valence-corrected chi connectivity index (χ4v) is 2.72. The molecule has 2 aromatic rings. The van der Waals surface area contributed by atoms with E-state index in [0.29, 0.717) is 12.6 Å². The van der Waals surface area contributed by atoms with E-state index in [1.807, 2.05) is 30.3 Å². The number of aromatic nitrogens is 1. The number of rotatable bonds is 4. The van der Waals surface area contributed by atoms with Gasteiger partial charge in [0.2, 0.25) is 0 Å². The summed E-state index contributed by atoms with van der Waals surface area (Å²) in [5.41, 5.74) is 1.70. The molecule has 0 amide bonds. The molecule has 0 spiro atoms. The van der Waals surface area contributed by atoms with E-state index in [2.05, 4.69) is 10.3 Å². The van der Waals surface area contributed by atoms with Crippen molar-refractivity contribution in [2.24, 2.45) is 0 Å². The van der Waals surface area contributed by atoms with Gasteiger partial charge in [-0.3, -0.25) is 9.78 Å². The number of ketones is 1. The van der Waals surface area contributed by atoms with Crippen LogP contribution in [0.15, 0.2) is 36.5 Å². The summed E-state index contributed by atoms with van der Waals surface area (Å²) in [6.07, 6.45) is 6.75. The molecule has 1 aromatic heterocycles. The van der Waals surface area contributed by atoms with Gasteiger partial charge in [0.05, 0.1) is 12.1 Å². The highest BCUT2D eigenvalue weighted by molar-refractivity contribution is 6.00. The van der Waals surface area contributed by atoms with Gasteiger partial charge in [-0.2, -0.15) is 0 Å². The van der Waals surface area contributed by atoms with E-state index in [4.69, 9.17) is 0 Å². The van der Waals surface area contributed by atoms with Crippen molar-refractivity contribution in [3.63, 3.8) is 0 Å². The van der Waals surface area contributed by atoms with E-state index >= 15 is 0 Å². The SMILES string of the molecule is O=C(CNC1CCCC1)c1ccc2ncccc2c1. The minimum absolute atomic E-state index is 0.164. The van der Waals surface area contributed by atoms with Gasteiger partial charge in [0.15, 0.2) is 5.78 Å². The Morgan fingerprint density at radius 2 is 2.11 bits per heavy atom. The van der Waals surface area contributed by atoms with Crippen LogP contribution in [0.3, 0.4) is 0 Å². The van der Waals surface area contributed by atoms with E-state index in [1.54, 1.807) is 6.20 Å². The standard InChI is InChI=1S/C16H18N2O/c19-16(11-18-14-5-1-2-6-14)13-7-8-15-12(10-13)4-3-9-17-15/h3-4,7-10,14,18H,1-2,5-6,11H2. The van der Waals surface area contributed by atoms with E-state index < -0.39 is 0 Å². The van der Waals surface area contributed by atoms with Crippen molar-refractivity contribution in [3.8, 4) is 0 Å². The highest BCUT2D eigenvalue weighted by atomic mass is 16.1. The number of carbonyl (C=O) groups is 1. The Morgan fingerprint density at radius 1 is 1.26 bits per heavy atom. The monoisotopic (exact) mass is 254 g/mol. The van der Waals surface area contributed by atoms with E-state index in [0.717, 1.165) is 16.5 Å². The molecule has 3 heteroatoms. The van der Waals surface area contributed by atoms with Crippen molar-refractivity contribution >= 4 is 16.7 Å². The van der Waals surface area contributed by atoms with Gasteiger partial charge in [-0.25, -0.2) is 0 Å². The molecule has 1 fully saturated rings. The number of benzene rings is 1. The number of nitrogens with zero attached hydrogens (tertiary/aromatic N) is 1. The first-order chi connectivity index (χ1) is 9.33. The van der Waals surface area contributed by atoms with Gasteiger partial charge in [0, 0.05) is 23.2 Å². The van der Waals surface area contributed by atoms with E-state index in [1.165, 1.54) is 25.7 Å². The second kappa shape index (κ2) is 5.49. The van der Waals surface area contributed by atoms with Crippen molar-refractivity contribution in [2.75, 3.05) is 6.54 Å². The van der Waals surface area contributed by atoms with Crippen molar-refractivity contribution in [3.05, 3.63) is 42.1 Å². The van der Waals surface area contributed by atoms with Crippen molar-refractivity contribution in [1.29, 1.82) is 0 Å². The average molecular weight is 254 g/mol. The van der Waals surface area contributed by atoms with Gasteiger partial charge in [0.25, 0.3) is 0 Å². The van der Waals surface area contributed by atoms with Crippen LogP contribution in [0.4, 0.5) is 0 Å². The maximum absolute atomic E-state index is 12.2. The highest BCUT2D eigenvalue weighted by Crippen LogP contribution is 2.18. The highest BCUT2D eigenvalue weighted by Gasteiger charge is 2.15. The van der Waals surface area contributed by atoms with Crippen molar-refractivity contribution in [2.45, 2.75) is 31.7 Å². The second-order valence-corrected chi connectivity index (χ2v) is 5.20. The predicted octanol–water partition coefficient (Wildman–Crippen LogP) is 2.95. The molecular formula is C16H18N2O. The number of hydrogen-bond donors (Lipinski definition) is 1. The summed E-state index contributed by atoms with van der Waals surface area (Å²) < 4.78 is 0. The molecule has 0 saturated heterocycles. The van der Waals surface area contributed by atoms with Crippen LogP contribution in [-0.2, 0) is 0 Å². The Balaban J connectivity index is 1.70. The molecule has 19 heavy (non-hydrogen) atoms. The second-order valence-electron chi connectivity index (χ2n) is 5.20. The minimum atomic E-state index is 0.164. The third-order valence-electron chi connectivity index (χ3n) is 3.83. The topological polar surface area (TPSA) is 42.0 Å². The Hall–Kier alpha value is -1.74. The summed E-state index contributed by atoms with van der Waals surface area (Å²) in [6.45, 7) is 0.441. The molecule has 0 aliphatic heterocycles. The molecule has 3 nitrogen and oxygen atoms in total. The third kappa shape index (κ3) is 2.82. The minimum Gasteiger partial charge on any atom is -0.307 e. The molecule has 0 atom stereocenters. The van der Waals surface area contributed by atoms with E-state index in [9.17, 15) is 4.79 Å². The van der Waals surface area contributed by atoms with Crippen LogP contribution in [0.1, 0.15) is 36.0 Å². The van der Waals surface area contributed by atoms with Gasteiger partial charge in [-0.15, -0.1) is 0 Å². The molecule has 0 radical (unpaired) electrons. The number of carbonyl (C=O) groups excluding carboxylic acids is 1. The van der Waals surface area contributed by atoms with Crippen molar-refractivity contribution in [1.82, 2.24) is 10.3 Å². The summed E-state index contributed by atoms with van der Waals surface area (Å²) >= 11 is 0. The van der Waals surface area contributed by atoms with Gasteiger partial charge in [-0.05, 0) is 37.1 Å². The summed E-state index contributed by atoms with van der Waals surface area (Å²) in [4.78, 5) is 16.4. The van der Waals surface area contributed by atoms with Crippen LogP contribution >= 0.6 is 0 Å². The van der Waals surface area contributed by atoms with Crippen LogP contribution in [0.25, 0.3) is 10.9 Å². The first kappa shape index (κ1) is 12.3. The molecular weight excluding hydrogens is 236 g/mol. The first-order valence-electron chi connectivity index (χ1n) is 6.94. The first-order valence-corrected chi connectivity index (χ1v) is 6.94. The number of pyridine rings is 1. The normalized spacial score (nSPS) is 16.0. The van der Waals surface area contributed by atoms with Crippen molar-refractivity contribution < 1.29 is 4.79 Å². The number of fused-ring (bicyclic) bond motifs is 1. The van der Waals surface area contributed by atoms with Gasteiger partial charge >= 0.3 is 0 Å². The molecule has 1 N–H and O–H groups in total. The molecule has 1 aliphatic carbocycles. The zero-order chi connectivity index (χ0) is 13.1. The maximum atomic E-state index is 12.2. The van der Waals surface area contributed by atoms with Crippen LogP contribution in [0.5, 0.6) is 0 Å². The van der Waals surface area contributed by atoms with E-state index in [-0.39, 0.29) is 5.78 Å². The predicted molar refractivity (Wildman–Crippen MR) is 76.3 cm³/mol. The largest absolute Gasteiger partial charge is 0.307 e. The van der Waals surface area contributed by atoms with Crippen LogP contribution in [0, 0.1) is 0 Å². The number of nitrogens with one attached hydrogen (secondary N) is 1. The van der Waals surface area contributed by atoms with Crippen LogP contribution < -0.4 is 5.32 Å². The molecule has 1 aromatic carbocycles. The lowest BCUT2D eigenvalue weighted by atomic mass is 10.1. The number of hydrogen-bond acceptors (Lipinski definition) is 3.